The molecule has 0 saturated heterocycles. The summed E-state index contributed by atoms with van der Waals surface area (Å²) in [7, 11) is 5.43. The van der Waals surface area contributed by atoms with E-state index in [1.807, 2.05) is 32.3 Å². The number of nitrogens with one attached hydrogen (secondary N) is 2. The zero-order chi connectivity index (χ0) is 17.6. The number of nitrogens with zero attached hydrogens (tertiary/aromatic N) is 2. The van der Waals surface area contributed by atoms with Crippen LogP contribution in [-0.2, 0) is 11.3 Å². The van der Waals surface area contributed by atoms with Crippen LogP contribution in [0.3, 0.4) is 0 Å². The highest BCUT2D eigenvalue weighted by Crippen LogP contribution is 2.38. The molecule has 1 aliphatic carbocycles. The molecule has 1 saturated carbocycles. The van der Waals surface area contributed by atoms with Crippen LogP contribution in [0.4, 0.5) is 0 Å². The van der Waals surface area contributed by atoms with Crippen molar-refractivity contribution >= 4 is 27.8 Å². The first-order valence-corrected chi connectivity index (χ1v) is 9.17. The van der Waals surface area contributed by atoms with E-state index in [0.717, 1.165) is 36.1 Å². The molecule has 6 heteroatoms. The number of halogens is 1. The van der Waals surface area contributed by atoms with Gasteiger partial charge in [-0.3, -0.25) is 9.79 Å². The fourth-order valence-electron chi connectivity index (χ4n) is 3.29. The van der Waals surface area contributed by atoms with E-state index in [4.69, 9.17) is 0 Å². The van der Waals surface area contributed by atoms with Crippen molar-refractivity contribution in [1.29, 1.82) is 0 Å². The molecule has 2 N–H and O–H groups in total. The Morgan fingerprint density at radius 2 is 1.92 bits per heavy atom. The van der Waals surface area contributed by atoms with E-state index in [0.29, 0.717) is 13.1 Å². The fraction of sp³-hybridized carbons (Fsp3) is 0.556. The lowest BCUT2D eigenvalue weighted by molar-refractivity contribution is -0.138. The normalized spacial score (nSPS) is 16.8. The van der Waals surface area contributed by atoms with Crippen molar-refractivity contribution in [2.45, 2.75) is 32.2 Å². The predicted octanol–water partition coefficient (Wildman–Crippen LogP) is 2.76. The largest absolute Gasteiger partial charge is 0.355 e. The van der Waals surface area contributed by atoms with Crippen molar-refractivity contribution in [1.82, 2.24) is 15.5 Å². The summed E-state index contributed by atoms with van der Waals surface area (Å²) >= 11 is 3.55. The standard InChI is InChI=1S/C18H27BrN4O/c1-20-17(21-12-14-8-4-5-9-15(14)19)22-13-18(10-6-7-11-18)16(24)23(2)3/h4-5,8-9H,6-7,10-13H2,1-3H3,(H2,20,21,22). The van der Waals surface area contributed by atoms with Crippen molar-refractivity contribution in [3.63, 3.8) is 0 Å². The molecule has 1 aliphatic rings. The Morgan fingerprint density at radius 1 is 1.25 bits per heavy atom. The molecule has 2 rings (SSSR count). The predicted molar refractivity (Wildman–Crippen MR) is 102 cm³/mol. The van der Waals surface area contributed by atoms with Gasteiger partial charge in [0, 0.05) is 38.7 Å². The van der Waals surface area contributed by atoms with Crippen LogP contribution in [0, 0.1) is 5.41 Å². The van der Waals surface area contributed by atoms with E-state index < -0.39 is 0 Å². The SMILES string of the molecule is CN=C(NCc1ccccc1Br)NCC1(C(=O)N(C)C)CCCC1. The minimum Gasteiger partial charge on any atom is -0.355 e. The number of aliphatic imine (C=N–C) groups is 1. The van der Waals surface area contributed by atoms with Gasteiger partial charge in [0.1, 0.15) is 0 Å². The van der Waals surface area contributed by atoms with E-state index in [1.165, 1.54) is 5.56 Å². The first-order chi connectivity index (χ1) is 11.5. The number of hydrogen-bond donors (Lipinski definition) is 2. The molecule has 1 aromatic carbocycles. The van der Waals surface area contributed by atoms with Gasteiger partial charge in [-0.25, -0.2) is 0 Å². The van der Waals surface area contributed by atoms with Crippen LogP contribution in [0.5, 0.6) is 0 Å². The second-order valence-electron chi connectivity index (χ2n) is 6.56. The zero-order valence-electron chi connectivity index (χ0n) is 14.7. The second kappa shape index (κ2) is 8.51. The van der Waals surface area contributed by atoms with Gasteiger partial charge in [-0.15, -0.1) is 0 Å². The molecule has 0 radical (unpaired) electrons. The summed E-state index contributed by atoms with van der Waals surface area (Å²) in [4.78, 5) is 18.6. The summed E-state index contributed by atoms with van der Waals surface area (Å²) in [5, 5.41) is 6.67. The molecular formula is C18H27BrN4O. The highest BCUT2D eigenvalue weighted by molar-refractivity contribution is 9.10. The molecule has 24 heavy (non-hydrogen) atoms. The third-order valence-corrected chi connectivity index (χ3v) is 5.42. The number of hydrogen-bond acceptors (Lipinski definition) is 2. The van der Waals surface area contributed by atoms with Crippen LogP contribution in [0.25, 0.3) is 0 Å². The maximum absolute atomic E-state index is 12.6. The summed E-state index contributed by atoms with van der Waals surface area (Å²) in [6, 6.07) is 8.10. The van der Waals surface area contributed by atoms with Gasteiger partial charge in [0.15, 0.2) is 5.96 Å². The lowest BCUT2D eigenvalue weighted by Gasteiger charge is -2.31. The smallest absolute Gasteiger partial charge is 0.230 e. The minimum atomic E-state index is -0.297. The van der Waals surface area contributed by atoms with Gasteiger partial charge in [0.2, 0.25) is 5.91 Å². The van der Waals surface area contributed by atoms with Crippen LogP contribution in [0.15, 0.2) is 33.7 Å². The monoisotopic (exact) mass is 394 g/mol. The van der Waals surface area contributed by atoms with E-state index in [9.17, 15) is 4.79 Å². The molecule has 5 nitrogen and oxygen atoms in total. The number of carbonyl (C=O) groups excluding carboxylic acids is 1. The lowest BCUT2D eigenvalue weighted by atomic mass is 9.84. The molecule has 0 unspecified atom stereocenters. The Labute approximate surface area is 153 Å². The van der Waals surface area contributed by atoms with Crippen molar-refractivity contribution in [2.75, 3.05) is 27.7 Å². The third-order valence-electron chi connectivity index (χ3n) is 4.64. The average molecular weight is 395 g/mol. The highest BCUT2D eigenvalue weighted by Gasteiger charge is 2.42. The van der Waals surface area contributed by atoms with Gasteiger partial charge in [0.05, 0.1) is 5.41 Å². The van der Waals surface area contributed by atoms with Gasteiger partial charge < -0.3 is 15.5 Å². The Morgan fingerprint density at radius 3 is 2.50 bits per heavy atom. The number of rotatable bonds is 5. The van der Waals surface area contributed by atoms with E-state index >= 15 is 0 Å². The van der Waals surface area contributed by atoms with Crippen molar-refractivity contribution < 1.29 is 4.79 Å². The molecule has 1 amide bonds. The molecular weight excluding hydrogens is 368 g/mol. The number of guanidine groups is 1. The maximum atomic E-state index is 12.6. The maximum Gasteiger partial charge on any atom is 0.230 e. The van der Waals surface area contributed by atoms with Crippen molar-refractivity contribution in [3.8, 4) is 0 Å². The van der Waals surface area contributed by atoms with Crippen LogP contribution in [0.2, 0.25) is 0 Å². The van der Waals surface area contributed by atoms with Gasteiger partial charge in [-0.1, -0.05) is 47.0 Å². The Bertz CT molecular complexity index is 594. The van der Waals surface area contributed by atoms with Gasteiger partial charge in [0.25, 0.3) is 0 Å². The minimum absolute atomic E-state index is 0.216. The summed E-state index contributed by atoms with van der Waals surface area (Å²) in [6.45, 7) is 1.30. The number of benzene rings is 1. The van der Waals surface area contributed by atoms with Crippen LogP contribution < -0.4 is 10.6 Å². The fourth-order valence-corrected chi connectivity index (χ4v) is 3.71. The Kier molecular flexibility index (Phi) is 6.66. The van der Waals surface area contributed by atoms with E-state index in [-0.39, 0.29) is 11.3 Å². The van der Waals surface area contributed by atoms with Crippen molar-refractivity contribution in [3.05, 3.63) is 34.3 Å². The summed E-state index contributed by atoms with van der Waals surface area (Å²) in [5.41, 5.74) is 0.870. The van der Waals surface area contributed by atoms with Crippen LogP contribution in [-0.4, -0.2) is 44.5 Å². The third kappa shape index (κ3) is 4.50. The Hall–Kier alpha value is -1.56. The molecule has 1 aromatic rings. The quantitative estimate of drug-likeness (QED) is 0.596. The van der Waals surface area contributed by atoms with Crippen LogP contribution in [0.1, 0.15) is 31.2 Å². The topological polar surface area (TPSA) is 56.7 Å². The molecule has 0 aromatic heterocycles. The molecule has 0 bridgehead atoms. The molecule has 0 spiro atoms. The molecule has 132 valence electrons. The van der Waals surface area contributed by atoms with Gasteiger partial charge in [-0.2, -0.15) is 0 Å². The van der Waals surface area contributed by atoms with E-state index in [2.05, 4.69) is 37.6 Å². The molecule has 0 atom stereocenters. The van der Waals surface area contributed by atoms with E-state index in [1.54, 1.807) is 11.9 Å². The lowest BCUT2D eigenvalue weighted by Crippen LogP contribution is -2.49. The summed E-state index contributed by atoms with van der Waals surface area (Å²) in [6.07, 6.45) is 4.12. The molecule has 1 fully saturated rings. The second-order valence-corrected chi connectivity index (χ2v) is 7.41. The number of amides is 1. The first kappa shape index (κ1) is 18.8. The Balaban J connectivity index is 1.95. The summed E-state index contributed by atoms with van der Waals surface area (Å²) < 4.78 is 1.07. The zero-order valence-corrected chi connectivity index (χ0v) is 16.3. The average Bonchev–Trinajstić information content (AvgIpc) is 3.05. The molecule has 0 aliphatic heterocycles. The number of carbonyl (C=O) groups is 1. The molecule has 0 heterocycles. The van der Waals surface area contributed by atoms with Crippen LogP contribution >= 0.6 is 15.9 Å². The summed E-state index contributed by atoms with van der Waals surface area (Å²) in [5.74, 6) is 0.942. The van der Waals surface area contributed by atoms with Gasteiger partial charge in [-0.05, 0) is 24.5 Å². The highest BCUT2D eigenvalue weighted by atomic mass is 79.9. The van der Waals surface area contributed by atoms with Gasteiger partial charge >= 0.3 is 0 Å². The van der Waals surface area contributed by atoms with Crippen molar-refractivity contribution in [2.24, 2.45) is 10.4 Å². The first-order valence-electron chi connectivity index (χ1n) is 8.38.